The number of rotatable bonds is 4. The number of carbonyl (C=O) groups is 2. The Morgan fingerprint density at radius 1 is 1.35 bits per heavy atom. The van der Waals surface area contributed by atoms with Crippen LogP contribution in [0.15, 0.2) is 18.2 Å². The van der Waals surface area contributed by atoms with Crippen molar-refractivity contribution in [2.75, 3.05) is 13.1 Å². The fourth-order valence-corrected chi connectivity index (χ4v) is 2.72. The first-order valence-electron chi connectivity index (χ1n) is 7.62. The van der Waals surface area contributed by atoms with E-state index in [2.05, 4.69) is 5.32 Å². The molecular weight excluding hydrogens is 304 g/mol. The maximum atomic E-state index is 14.0. The Bertz CT molecular complexity index is 587. The van der Waals surface area contributed by atoms with Crippen molar-refractivity contribution >= 4 is 11.8 Å². The summed E-state index contributed by atoms with van der Waals surface area (Å²) in [4.78, 5) is 25.4. The average Bonchev–Trinajstić information content (AvgIpc) is 2.46. The molecule has 1 unspecified atom stereocenters. The van der Waals surface area contributed by atoms with Crippen LogP contribution in [0.2, 0.25) is 0 Å². The average molecular weight is 325 g/mol. The molecule has 5 nitrogen and oxygen atoms in total. The molecule has 0 bridgehead atoms. The second kappa shape index (κ2) is 7.50. The summed E-state index contributed by atoms with van der Waals surface area (Å²) in [6.45, 7) is 2.40. The van der Waals surface area contributed by atoms with Gasteiger partial charge in [0.2, 0.25) is 11.8 Å². The Kier molecular flexibility index (Phi) is 5.65. The van der Waals surface area contributed by atoms with E-state index >= 15 is 0 Å². The Hall–Kier alpha value is -2.02. The topological polar surface area (TPSA) is 75.4 Å². The first-order valence-corrected chi connectivity index (χ1v) is 7.62. The first-order chi connectivity index (χ1) is 10.9. The van der Waals surface area contributed by atoms with Crippen molar-refractivity contribution < 1.29 is 18.4 Å². The summed E-state index contributed by atoms with van der Waals surface area (Å²) in [5, 5.41) is 2.56. The van der Waals surface area contributed by atoms with E-state index in [4.69, 9.17) is 5.73 Å². The molecule has 1 aliphatic rings. The van der Waals surface area contributed by atoms with Crippen LogP contribution < -0.4 is 11.1 Å². The van der Waals surface area contributed by atoms with Gasteiger partial charge in [0.1, 0.15) is 11.6 Å². The van der Waals surface area contributed by atoms with Crippen molar-refractivity contribution in [2.45, 2.75) is 38.3 Å². The van der Waals surface area contributed by atoms with Crippen LogP contribution >= 0.6 is 0 Å². The van der Waals surface area contributed by atoms with Crippen LogP contribution in [0.1, 0.15) is 37.8 Å². The third kappa shape index (κ3) is 4.72. The third-order valence-corrected chi connectivity index (χ3v) is 3.99. The molecule has 0 saturated carbocycles. The molecule has 1 atom stereocenters. The molecule has 1 aliphatic heterocycles. The molecule has 0 radical (unpaired) electrons. The van der Waals surface area contributed by atoms with Gasteiger partial charge in [-0.3, -0.25) is 9.59 Å². The molecule has 3 N–H and O–H groups in total. The van der Waals surface area contributed by atoms with E-state index in [0.717, 1.165) is 25.0 Å². The van der Waals surface area contributed by atoms with Crippen molar-refractivity contribution in [1.29, 1.82) is 0 Å². The molecule has 0 aliphatic carbocycles. The van der Waals surface area contributed by atoms with Gasteiger partial charge >= 0.3 is 0 Å². The van der Waals surface area contributed by atoms with Gasteiger partial charge in [0.05, 0.1) is 12.5 Å². The zero-order valence-electron chi connectivity index (χ0n) is 13.0. The number of piperidine rings is 1. The molecule has 7 heteroatoms. The van der Waals surface area contributed by atoms with E-state index in [-0.39, 0.29) is 29.8 Å². The minimum absolute atomic E-state index is 0.0721. The van der Waals surface area contributed by atoms with E-state index in [0.29, 0.717) is 13.1 Å². The molecule has 0 aromatic heterocycles. The number of halogens is 2. The van der Waals surface area contributed by atoms with Crippen LogP contribution in [0.3, 0.4) is 0 Å². The van der Waals surface area contributed by atoms with Gasteiger partial charge < -0.3 is 16.0 Å². The number of nitrogens with two attached hydrogens (primary N) is 1. The highest BCUT2D eigenvalue weighted by molar-refractivity contribution is 5.79. The number of hydrogen-bond acceptors (Lipinski definition) is 3. The van der Waals surface area contributed by atoms with Crippen molar-refractivity contribution in [3.05, 3.63) is 35.4 Å². The lowest BCUT2D eigenvalue weighted by Gasteiger charge is -2.31. The predicted octanol–water partition coefficient (Wildman–Crippen LogP) is 1.48. The molecule has 1 aromatic rings. The number of nitrogens with zero attached hydrogens (tertiary/aromatic N) is 1. The number of amides is 2. The van der Waals surface area contributed by atoms with E-state index in [1.165, 1.54) is 13.0 Å². The number of benzene rings is 1. The van der Waals surface area contributed by atoms with Gasteiger partial charge in [-0.15, -0.1) is 0 Å². The van der Waals surface area contributed by atoms with Gasteiger partial charge in [0.25, 0.3) is 0 Å². The fraction of sp³-hybridized carbons (Fsp3) is 0.500. The molecule has 1 saturated heterocycles. The SMILES string of the molecule is CC(=O)NC(CC(=O)N1CCC(N)CC1)c1ccc(F)cc1F. The monoisotopic (exact) mass is 325 g/mol. The maximum absolute atomic E-state index is 14.0. The molecule has 126 valence electrons. The first kappa shape index (κ1) is 17.3. The standard InChI is InChI=1S/C16H21F2N3O2/c1-10(22)20-15(13-3-2-11(17)8-14(13)18)9-16(23)21-6-4-12(19)5-7-21/h2-3,8,12,15H,4-7,9,19H2,1H3,(H,20,22). The zero-order valence-corrected chi connectivity index (χ0v) is 13.0. The van der Waals surface area contributed by atoms with Crippen LogP contribution in [-0.4, -0.2) is 35.8 Å². The lowest BCUT2D eigenvalue weighted by molar-refractivity contribution is -0.133. The highest BCUT2D eigenvalue weighted by Crippen LogP contribution is 2.23. The van der Waals surface area contributed by atoms with Gasteiger partial charge in [-0.1, -0.05) is 6.07 Å². The summed E-state index contributed by atoms with van der Waals surface area (Å²) in [5.74, 6) is -2.05. The Morgan fingerprint density at radius 3 is 2.57 bits per heavy atom. The van der Waals surface area contributed by atoms with Crippen LogP contribution in [-0.2, 0) is 9.59 Å². The van der Waals surface area contributed by atoms with E-state index in [1.54, 1.807) is 4.90 Å². The number of likely N-dealkylation sites (tertiary alicyclic amines) is 1. The van der Waals surface area contributed by atoms with Gasteiger partial charge in [-0.25, -0.2) is 8.78 Å². The van der Waals surface area contributed by atoms with Crippen molar-refractivity contribution in [1.82, 2.24) is 10.2 Å². The van der Waals surface area contributed by atoms with Gasteiger partial charge in [-0.2, -0.15) is 0 Å². The minimum Gasteiger partial charge on any atom is -0.349 e. The summed E-state index contributed by atoms with van der Waals surface area (Å²) in [6.07, 6.45) is 1.38. The number of carbonyl (C=O) groups excluding carboxylic acids is 2. The van der Waals surface area contributed by atoms with E-state index in [9.17, 15) is 18.4 Å². The Morgan fingerprint density at radius 2 is 2.00 bits per heavy atom. The largest absolute Gasteiger partial charge is 0.349 e. The summed E-state index contributed by atoms with van der Waals surface area (Å²) in [6, 6.07) is 2.38. The highest BCUT2D eigenvalue weighted by Gasteiger charge is 2.26. The normalized spacial score (nSPS) is 17.0. The van der Waals surface area contributed by atoms with Crippen LogP contribution in [0, 0.1) is 11.6 Å². The highest BCUT2D eigenvalue weighted by atomic mass is 19.1. The van der Waals surface area contributed by atoms with Crippen molar-refractivity contribution in [2.24, 2.45) is 5.73 Å². The molecule has 0 spiro atoms. The van der Waals surface area contributed by atoms with Gasteiger partial charge in [0.15, 0.2) is 0 Å². The summed E-state index contributed by atoms with van der Waals surface area (Å²) in [5.41, 5.74) is 5.91. The molecule has 23 heavy (non-hydrogen) atoms. The molecule has 2 amide bonds. The summed E-state index contributed by atoms with van der Waals surface area (Å²) < 4.78 is 27.0. The molecule has 1 aromatic carbocycles. The summed E-state index contributed by atoms with van der Waals surface area (Å²) in [7, 11) is 0. The zero-order chi connectivity index (χ0) is 17.0. The quantitative estimate of drug-likeness (QED) is 0.880. The molecule has 1 heterocycles. The second-order valence-corrected chi connectivity index (χ2v) is 5.84. The fourth-order valence-electron chi connectivity index (χ4n) is 2.72. The third-order valence-electron chi connectivity index (χ3n) is 3.99. The van der Waals surface area contributed by atoms with Crippen LogP contribution in [0.4, 0.5) is 8.78 Å². The minimum atomic E-state index is -0.823. The maximum Gasteiger partial charge on any atom is 0.224 e. The second-order valence-electron chi connectivity index (χ2n) is 5.84. The predicted molar refractivity (Wildman–Crippen MR) is 81.3 cm³/mol. The summed E-state index contributed by atoms with van der Waals surface area (Å²) >= 11 is 0. The van der Waals surface area contributed by atoms with Gasteiger partial charge in [0, 0.05) is 37.7 Å². The van der Waals surface area contributed by atoms with Crippen LogP contribution in [0.25, 0.3) is 0 Å². The van der Waals surface area contributed by atoms with Crippen molar-refractivity contribution in [3.63, 3.8) is 0 Å². The lowest BCUT2D eigenvalue weighted by Crippen LogP contribution is -2.44. The number of nitrogens with one attached hydrogen (secondary N) is 1. The van der Waals surface area contributed by atoms with E-state index in [1.807, 2.05) is 0 Å². The molecular formula is C16H21F2N3O2. The number of hydrogen-bond donors (Lipinski definition) is 2. The smallest absolute Gasteiger partial charge is 0.224 e. The van der Waals surface area contributed by atoms with Crippen molar-refractivity contribution in [3.8, 4) is 0 Å². The Labute approximate surface area is 133 Å². The Balaban J connectivity index is 2.12. The van der Waals surface area contributed by atoms with E-state index < -0.39 is 17.7 Å². The molecule has 1 fully saturated rings. The van der Waals surface area contributed by atoms with Gasteiger partial charge in [-0.05, 0) is 18.9 Å². The molecule has 2 rings (SSSR count). The van der Waals surface area contributed by atoms with Crippen LogP contribution in [0.5, 0.6) is 0 Å². The lowest BCUT2D eigenvalue weighted by atomic mass is 10.0.